The Balaban J connectivity index is 2.12. The summed E-state index contributed by atoms with van der Waals surface area (Å²) in [7, 11) is 3.72. The lowest BCUT2D eigenvalue weighted by Gasteiger charge is -2.34. The maximum Gasteiger partial charge on any atom is 0.137 e. The average molecular weight is 270 g/mol. The van der Waals surface area contributed by atoms with Crippen LogP contribution in [0.3, 0.4) is 0 Å². The predicted molar refractivity (Wildman–Crippen MR) is 74.2 cm³/mol. The van der Waals surface area contributed by atoms with Crippen molar-refractivity contribution in [1.82, 2.24) is 10.2 Å². The SMILES string of the molecule is COc1ccc(C(N)C2CN(C)CCN2)cc1Cl. The molecule has 1 fully saturated rings. The zero-order valence-electron chi connectivity index (χ0n) is 10.8. The third-order valence-electron chi connectivity index (χ3n) is 3.40. The van der Waals surface area contributed by atoms with Crippen molar-refractivity contribution in [3.8, 4) is 5.75 Å². The molecule has 18 heavy (non-hydrogen) atoms. The fourth-order valence-electron chi connectivity index (χ4n) is 2.30. The van der Waals surface area contributed by atoms with Crippen molar-refractivity contribution in [3.05, 3.63) is 28.8 Å². The first-order chi connectivity index (χ1) is 8.61. The Labute approximate surface area is 113 Å². The fourth-order valence-corrected chi connectivity index (χ4v) is 2.56. The molecule has 1 saturated heterocycles. The molecule has 1 aromatic carbocycles. The molecule has 0 spiro atoms. The number of halogens is 1. The number of nitrogens with one attached hydrogen (secondary N) is 1. The zero-order valence-corrected chi connectivity index (χ0v) is 11.6. The lowest BCUT2D eigenvalue weighted by molar-refractivity contribution is 0.220. The van der Waals surface area contributed by atoms with Crippen LogP contribution in [0.5, 0.6) is 5.75 Å². The summed E-state index contributed by atoms with van der Waals surface area (Å²) in [5.74, 6) is 0.682. The summed E-state index contributed by atoms with van der Waals surface area (Å²) >= 11 is 6.13. The average Bonchev–Trinajstić information content (AvgIpc) is 2.37. The second-order valence-electron chi connectivity index (χ2n) is 4.74. The molecule has 5 heteroatoms. The van der Waals surface area contributed by atoms with Crippen molar-refractivity contribution in [2.45, 2.75) is 12.1 Å². The Morgan fingerprint density at radius 2 is 2.33 bits per heavy atom. The second-order valence-corrected chi connectivity index (χ2v) is 5.15. The number of hydrogen-bond donors (Lipinski definition) is 2. The zero-order chi connectivity index (χ0) is 13.1. The molecule has 2 unspecified atom stereocenters. The van der Waals surface area contributed by atoms with Crippen molar-refractivity contribution in [2.24, 2.45) is 5.73 Å². The van der Waals surface area contributed by atoms with E-state index in [1.54, 1.807) is 7.11 Å². The number of nitrogens with two attached hydrogens (primary N) is 1. The minimum atomic E-state index is -0.0591. The summed E-state index contributed by atoms with van der Waals surface area (Å²) < 4.78 is 5.15. The molecule has 0 radical (unpaired) electrons. The molecule has 1 aliphatic rings. The van der Waals surface area contributed by atoms with Crippen LogP contribution in [0.15, 0.2) is 18.2 Å². The second kappa shape index (κ2) is 5.89. The van der Waals surface area contributed by atoms with E-state index in [0.29, 0.717) is 10.8 Å². The van der Waals surface area contributed by atoms with Crippen LogP contribution in [-0.2, 0) is 0 Å². The molecule has 0 aromatic heterocycles. The minimum absolute atomic E-state index is 0.0591. The van der Waals surface area contributed by atoms with E-state index in [9.17, 15) is 0 Å². The minimum Gasteiger partial charge on any atom is -0.495 e. The molecule has 0 saturated carbocycles. The van der Waals surface area contributed by atoms with Crippen LogP contribution >= 0.6 is 11.6 Å². The fraction of sp³-hybridized carbons (Fsp3) is 0.538. The molecule has 0 aliphatic carbocycles. The van der Waals surface area contributed by atoms with Crippen LogP contribution in [-0.4, -0.2) is 44.7 Å². The molecule has 1 heterocycles. The third kappa shape index (κ3) is 2.95. The monoisotopic (exact) mass is 269 g/mol. The first-order valence-electron chi connectivity index (χ1n) is 6.12. The van der Waals surface area contributed by atoms with Gasteiger partial charge in [-0.15, -0.1) is 0 Å². The van der Waals surface area contributed by atoms with E-state index in [-0.39, 0.29) is 12.1 Å². The molecule has 1 aliphatic heterocycles. The molecule has 4 nitrogen and oxygen atoms in total. The van der Waals surface area contributed by atoms with Gasteiger partial charge in [-0.2, -0.15) is 0 Å². The molecular formula is C13H20ClN3O. The summed E-state index contributed by atoms with van der Waals surface area (Å²) in [6, 6.07) is 5.93. The van der Waals surface area contributed by atoms with Crippen LogP contribution in [0.2, 0.25) is 5.02 Å². The van der Waals surface area contributed by atoms with Gasteiger partial charge in [-0.25, -0.2) is 0 Å². The van der Waals surface area contributed by atoms with Crippen molar-refractivity contribution >= 4 is 11.6 Å². The van der Waals surface area contributed by atoms with Crippen LogP contribution in [0, 0.1) is 0 Å². The van der Waals surface area contributed by atoms with Crippen LogP contribution in [0.4, 0.5) is 0 Å². The van der Waals surface area contributed by atoms with E-state index >= 15 is 0 Å². The maximum atomic E-state index is 6.30. The smallest absolute Gasteiger partial charge is 0.137 e. The van der Waals surface area contributed by atoms with Gasteiger partial charge in [-0.1, -0.05) is 17.7 Å². The summed E-state index contributed by atoms with van der Waals surface area (Å²) in [4.78, 5) is 2.28. The summed E-state index contributed by atoms with van der Waals surface area (Å²) in [5, 5.41) is 4.06. The highest BCUT2D eigenvalue weighted by atomic mass is 35.5. The van der Waals surface area contributed by atoms with Gasteiger partial charge in [0.05, 0.1) is 12.1 Å². The molecule has 100 valence electrons. The van der Waals surface area contributed by atoms with Gasteiger partial charge in [0.15, 0.2) is 0 Å². The highest BCUT2D eigenvalue weighted by Gasteiger charge is 2.24. The topological polar surface area (TPSA) is 50.5 Å². The Hall–Kier alpha value is -0.810. The van der Waals surface area contributed by atoms with E-state index in [2.05, 4.69) is 17.3 Å². The lowest BCUT2D eigenvalue weighted by atomic mass is 9.98. The van der Waals surface area contributed by atoms with Gasteiger partial charge in [-0.05, 0) is 24.7 Å². The van der Waals surface area contributed by atoms with Crippen LogP contribution in [0.1, 0.15) is 11.6 Å². The van der Waals surface area contributed by atoms with E-state index in [1.165, 1.54) is 0 Å². The number of nitrogens with zero attached hydrogens (tertiary/aromatic N) is 1. The molecule has 2 atom stereocenters. The molecule has 2 rings (SSSR count). The summed E-state index contributed by atoms with van der Waals surface area (Å²) in [5.41, 5.74) is 7.34. The molecule has 0 amide bonds. The quantitative estimate of drug-likeness (QED) is 0.867. The summed E-state index contributed by atoms with van der Waals surface area (Å²) in [6.45, 7) is 2.98. The van der Waals surface area contributed by atoms with Gasteiger partial charge in [0.25, 0.3) is 0 Å². The number of hydrogen-bond acceptors (Lipinski definition) is 4. The first-order valence-corrected chi connectivity index (χ1v) is 6.50. The molecular weight excluding hydrogens is 250 g/mol. The summed E-state index contributed by atoms with van der Waals surface area (Å²) in [6.07, 6.45) is 0. The number of piperazine rings is 1. The number of methoxy groups -OCH3 is 1. The Bertz CT molecular complexity index is 413. The highest BCUT2D eigenvalue weighted by Crippen LogP contribution is 2.28. The third-order valence-corrected chi connectivity index (χ3v) is 3.70. The lowest BCUT2D eigenvalue weighted by Crippen LogP contribution is -2.53. The van der Waals surface area contributed by atoms with E-state index in [1.807, 2.05) is 18.2 Å². The van der Waals surface area contributed by atoms with Gasteiger partial charge in [0.1, 0.15) is 5.75 Å². The number of ether oxygens (including phenoxy) is 1. The largest absolute Gasteiger partial charge is 0.495 e. The van der Waals surface area contributed by atoms with Gasteiger partial charge < -0.3 is 20.7 Å². The normalized spacial score (nSPS) is 22.8. The number of benzene rings is 1. The number of rotatable bonds is 3. The first kappa shape index (κ1) is 13.6. The predicted octanol–water partition coefficient (Wildman–Crippen LogP) is 1.25. The Morgan fingerprint density at radius 1 is 1.56 bits per heavy atom. The molecule has 3 N–H and O–H groups in total. The van der Waals surface area contributed by atoms with Crippen molar-refractivity contribution < 1.29 is 4.74 Å². The van der Waals surface area contributed by atoms with Crippen LogP contribution in [0.25, 0.3) is 0 Å². The van der Waals surface area contributed by atoms with Gasteiger partial charge in [0.2, 0.25) is 0 Å². The van der Waals surface area contributed by atoms with E-state index in [4.69, 9.17) is 22.1 Å². The Kier molecular flexibility index (Phi) is 4.45. The van der Waals surface area contributed by atoms with Gasteiger partial charge in [-0.3, -0.25) is 0 Å². The van der Waals surface area contributed by atoms with Gasteiger partial charge >= 0.3 is 0 Å². The molecule has 0 bridgehead atoms. The standard InChI is InChI=1S/C13H20ClN3O/c1-17-6-5-16-11(8-17)13(15)9-3-4-12(18-2)10(14)7-9/h3-4,7,11,13,16H,5-6,8,15H2,1-2H3. The highest BCUT2D eigenvalue weighted by molar-refractivity contribution is 6.32. The van der Waals surface area contributed by atoms with Gasteiger partial charge in [0, 0.05) is 31.7 Å². The van der Waals surface area contributed by atoms with Crippen LogP contribution < -0.4 is 15.8 Å². The van der Waals surface area contributed by atoms with E-state index in [0.717, 1.165) is 25.2 Å². The van der Waals surface area contributed by atoms with Crippen molar-refractivity contribution in [3.63, 3.8) is 0 Å². The number of likely N-dealkylation sites (N-methyl/N-ethyl adjacent to an activating group) is 1. The Morgan fingerprint density at radius 3 is 2.94 bits per heavy atom. The van der Waals surface area contributed by atoms with Crippen molar-refractivity contribution in [1.29, 1.82) is 0 Å². The maximum absolute atomic E-state index is 6.30. The van der Waals surface area contributed by atoms with Crippen molar-refractivity contribution in [2.75, 3.05) is 33.8 Å². The molecule has 1 aromatic rings. The van der Waals surface area contributed by atoms with E-state index < -0.39 is 0 Å².